The predicted molar refractivity (Wildman–Crippen MR) is 82.5 cm³/mol. The zero-order chi connectivity index (χ0) is 16.0. The van der Waals surface area contributed by atoms with Crippen molar-refractivity contribution >= 4 is 23.6 Å². The molecular weight excluding hydrogens is 292 g/mol. The summed E-state index contributed by atoms with van der Waals surface area (Å²) in [5.74, 6) is -1.02. The minimum Gasteiger partial charge on any atom is -0.480 e. The number of halogens is 1. The van der Waals surface area contributed by atoms with Crippen molar-refractivity contribution in [3.8, 4) is 0 Å². The molecule has 1 aromatic carbocycles. The van der Waals surface area contributed by atoms with Crippen LogP contribution in [0.15, 0.2) is 24.3 Å². The largest absolute Gasteiger partial charge is 0.480 e. The van der Waals surface area contributed by atoms with Gasteiger partial charge in [0.1, 0.15) is 6.04 Å². The van der Waals surface area contributed by atoms with Gasteiger partial charge < -0.3 is 15.3 Å². The molecule has 0 aliphatic heterocycles. The normalized spacial score (nSPS) is 13.3. The zero-order valence-electron chi connectivity index (χ0n) is 12.5. The van der Waals surface area contributed by atoms with Crippen LogP contribution in [-0.4, -0.2) is 35.1 Å². The first kappa shape index (κ1) is 17.3. The Morgan fingerprint density at radius 3 is 2.52 bits per heavy atom. The summed E-state index contributed by atoms with van der Waals surface area (Å²) < 4.78 is 0. The summed E-state index contributed by atoms with van der Waals surface area (Å²) in [4.78, 5) is 24.7. The molecule has 0 radical (unpaired) electrons. The Hall–Kier alpha value is -1.75. The number of carbonyl (C=O) groups excluding carboxylic acids is 1. The fourth-order valence-corrected chi connectivity index (χ4v) is 2.29. The number of nitrogens with zero attached hydrogens (tertiary/aromatic N) is 1. The first-order valence-electron chi connectivity index (χ1n) is 6.89. The Labute approximate surface area is 129 Å². The van der Waals surface area contributed by atoms with Crippen LogP contribution in [-0.2, 0) is 4.79 Å². The van der Waals surface area contributed by atoms with Crippen LogP contribution < -0.4 is 5.32 Å². The lowest BCUT2D eigenvalue weighted by molar-refractivity contribution is -0.139. The van der Waals surface area contributed by atoms with Gasteiger partial charge in [-0.1, -0.05) is 43.1 Å². The number of carboxylic acids is 1. The van der Waals surface area contributed by atoms with Crippen molar-refractivity contribution in [2.75, 3.05) is 7.05 Å². The number of hydrogen-bond donors (Lipinski definition) is 2. The predicted octanol–water partition coefficient (Wildman–Crippen LogP) is 3.30. The number of nitrogens with one attached hydrogen (secondary N) is 1. The second-order valence-corrected chi connectivity index (χ2v) is 5.34. The molecule has 2 amide bonds. The van der Waals surface area contributed by atoms with Gasteiger partial charge >= 0.3 is 12.0 Å². The van der Waals surface area contributed by atoms with Gasteiger partial charge in [0.05, 0.1) is 6.04 Å². The number of carbonyl (C=O) groups is 2. The second kappa shape index (κ2) is 7.88. The lowest BCUT2D eigenvalue weighted by atomic mass is 10.1. The fraction of sp³-hybridized carbons (Fsp3) is 0.467. The third-order valence-electron chi connectivity index (χ3n) is 3.43. The van der Waals surface area contributed by atoms with Crippen LogP contribution in [0, 0.1) is 0 Å². The van der Waals surface area contributed by atoms with Gasteiger partial charge in [-0.25, -0.2) is 9.59 Å². The van der Waals surface area contributed by atoms with Gasteiger partial charge in [-0.3, -0.25) is 0 Å². The Bertz CT molecular complexity index is 507. The van der Waals surface area contributed by atoms with Crippen molar-refractivity contribution in [3.05, 3.63) is 34.9 Å². The van der Waals surface area contributed by atoms with Crippen molar-refractivity contribution in [3.63, 3.8) is 0 Å². The summed E-state index contributed by atoms with van der Waals surface area (Å²) in [7, 11) is 1.62. The number of rotatable bonds is 6. The lowest BCUT2D eigenvalue weighted by Crippen LogP contribution is -2.47. The molecule has 0 saturated heterocycles. The van der Waals surface area contributed by atoms with Gasteiger partial charge in [0.15, 0.2) is 0 Å². The Balaban J connectivity index is 2.78. The van der Waals surface area contributed by atoms with Gasteiger partial charge in [-0.05, 0) is 25.0 Å². The van der Waals surface area contributed by atoms with Crippen molar-refractivity contribution in [2.24, 2.45) is 0 Å². The standard InChI is InChI=1S/C15H21ClN2O3/c1-4-7-13(14(19)20)17-15(21)18(3)10(2)11-8-5-6-9-12(11)16/h5-6,8-10,13H,4,7H2,1-3H3,(H,17,21)(H,19,20)/t10?,13-/m0/s1. The third kappa shape index (κ3) is 4.63. The molecule has 1 unspecified atom stereocenters. The molecule has 0 saturated carbocycles. The molecule has 1 aromatic rings. The molecule has 0 fully saturated rings. The smallest absolute Gasteiger partial charge is 0.326 e. The highest BCUT2D eigenvalue weighted by atomic mass is 35.5. The molecule has 0 aliphatic carbocycles. The topological polar surface area (TPSA) is 69.6 Å². The van der Waals surface area contributed by atoms with Gasteiger partial charge in [0, 0.05) is 12.1 Å². The van der Waals surface area contributed by atoms with Gasteiger partial charge in [0.25, 0.3) is 0 Å². The minimum atomic E-state index is -1.02. The number of urea groups is 1. The van der Waals surface area contributed by atoms with E-state index in [-0.39, 0.29) is 6.04 Å². The number of amides is 2. The maximum absolute atomic E-state index is 12.2. The van der Waals surface area contributed by atoms with Crippen molar-refractivity contribution in [2.45, 2.75) is 38.8 Å². The minimum absolute atomic E-state index is 0.255. The Kier molecular flexibility index (Phi) is 6.49. The average Bonchev–Trinajstić information content (AvgIpc) is 2.45. The molecule has 0 aromatic heterocycles. The molecular formula is C15H21ClN2O3. The fourth-order valence-electron chi connectivity index (χ4n) is 2.00. The molecule has 21 heavy (non-hydrogen) atoms. The molecule has 2 atom stereocenters. The van der Waals surface area contributed by atoms with E-state index < -0.39 is 18.0 Å². The van der Waals surface area contributed by atoms with E-state index in [0.717, 1.165) is 5.56 Å². The van der Waals surface area contributed by atoms with Gasteiger partial charge in [0.2, 0.25) is 0 Å². The molecule has 0 aliphatic rings. The SMILES string of the molecule is CCC[C@H](NC(=O)N(C)C(C)c1ccccc1Cl)C(=O)O. The Morgan fingerprint density at radius 1 is 1.38 bits per heavy atom. The van der Waals surface area contributed by atoms with Crippen molar-refractivity contribution in [1.82, 2.24) is 10.2 Å². The van der Waals surface area contributed by atoms with E-state index in [1.807, 2.05) is 32.0 Å². The maximum Gasteiger partial charge on any atom is 0.326 e. The second-order valence-electron chi connectivity index (χ2n) is 4.94. The number of aliphatic carboxylic acids is 1. The summed E-state index contributed by atoms with van der Waals surface area (Å²) in [5.41, 5.74) is 0.819. The van der Waals surface area contributed by atoms with E-state index in [9.17, 15) is 9.59 Å². The summed E-state index contributed by atoms with van der Waals surface area (Å²) >= 11 is 6.12. The quantitative estimate of drug-likeness (QED) is 0.846. The van der Waals surface area contributed by atoms with E-state index in [2.05, 4.69) is 5.32 Å². The van der Waals surface area contributed by atoms with E-state index in [1.54, 1.807) is 13.1 Å². The highest BCUT2D eigenvalue weighted by Crippen LogP contribution is 2.26. The van der Waals surface area contributed by atoms with E-state index >= 15 is 0 Å². The maximum atomic E-state index is 12.2. The summed E-state index contributed by atoms with van der Waals surface area (Å²) in [6.07, 6.45) is 1.08. The number of carboxylic acid groups (broad SMARTS) is 1. The molecule has 116 valence electrons. The molecule has 6 heteroatoms. The van der Waals surface area contributed by atoms with Crippen LogP contribution in [0.2, 0.25) is 5.02 Å². The first-order chi connectivity index (χ1) is 9.88. The van der Waals surface area contributed by atoms with E-state index in [1.165, 1.54) is 4.90 Å². The molecule has 1 rings (SSSR count). The van der Waals surface area contributed by atoms with Crippen LogP contribution in [0.4, 0.5) is 4.79 Å². The zero-order valence-corrected chi connectivity index (χ0v) is 13.2. The van der Waals surface area contributed by atoms with E-state index in [4.69, 9.17) is 16.7 Å². The molecule has 0 spiro atoms. The van der Waals surface area contributed by atoms with Crippen molar-refractivity contribution < 1.29 is 14.7 Å². The lowest BCUT2D eigenvalue weighted by Gasteiger charge is -2.27. The third-order valence-corrected chi connectivity index (χ3v) is 3.77. The highest BCUT2D eigenvalue weighted by molar-refractivity contribution is 6.31. The molecule has 0 bridgehead atoms. The summed E-state index contributed by atoms with van der Waals surface area (Å²) in [6, 6.07) is 5.72. The van der Waals surface area contributed by atoms with E-state index in [0.29, 0.717) is 17.9 Å². The number of hydrogen-bond acceptors (Lipinski definition) is 2. The van der Waals surface area contributed by atoms with Crippen LogP contribution in [0.3, 0.4) is 0 Å². The molecule has 5 nitrogen and oxygen atoms in total. The summed E-state index contributed by atoms with van der Waals surface area (Å²) in [6.45, 7) is 3.72. The Morgan fingerprint density at radius 2 is 2.00 bits per heavy atom. The molecule has 2 N–H and O–H groups in total. The highest BCUT2D eigenvalue weighted by Gasteiger charge is 2.24. The van der Waals surface area contributed by atoms with Crippen molar-refractivity contribution in [1.29, 1.82) is 0 Å². The van der Waals surface area contributed by atoms with Gasteiger partial charge in [-0.2, -0.15) is 0 Å². The average molecular weight is 313 g/mol. The van der Waals surface area contributed by atoms with Crippen LogP contribution in [0.1, 0.15) is 38.3 Å². The number of benzene rings is 1. The molecule has 0 heterocycles. The van der Waals surface area contributed by atoms with Crippen LogP contribution in [0.5, 0.6) is 0 Å². The van der Waals surface area contributed by atoms with Crippen LogP contribution >= 0.6 is 11.6 Å². The monoisotopic (exact) mass is 312 g/mol. The van der Waals surface area contributed by atoms with Crippen LogP contribution in [0.25, 0.3) is 0 Å². The van der Waals surface area contributed by atoms with Gasteiger partial charge in [-0.15, -0.1) is 0 Å². The first-order valence-corrected chi connectivity index (χ1v) is 7.26. The summed E-state index contributed by atoms with van der Waals surface area (Å²) in [5, 5.41) is 12.2.